The number of benzene rings is 1. The molecule has 22 heavy (non-hydrogen) atoms. The van der Waals surface area contributed by atoms with Crippen molar-refractivity contribution in [2.75, 3.05) is 13.7 Å². The van der Waals surface area contributed by atoms with E-state index in [0.29, 0.717) is 5.92 Å². The fourth-order valence-corrected chi connectivity index (χ4v) is 3.09. The third-order valence-corrected chi connectivity index (χ3v) is 4.50. The van der Waals surface area contributed by atoms with Gasteiger partial charge in [0.25, 0.3) is 0 Å². The first kappa shape index (κ1) is 13.8. The summed E-state index contributed by atoms with van der Waals surface area (Å²) >= 11 is 0. The van der Waals surface area contributed by atoms with Crippen LogP contribution in [0.5, 0.6) is 5.75 Å². The summed E-state index contributed by atoms with van der Waals surface area (Å²) in [7, 11) is 1.72. The van der Waals surface area contributed by atoms with Gasteiger partial charge in [0, 0.05) is 12.5 Å². The molecule has 0 N–H and O–H groups in total. The van der Waals surface area contributed by atoms with E-state index >= 15 is 0 Å². The highest BCUT2D eigenvalue weighted by atomic mass is 16.5. The Morgan fingerprint density at radius 2 is 2.23 bits per heavy atom. The highest BCUT2D eigenvalue weighted by molar-refractivity contribution is 5.36. The van der Waals surface area contributed by atoms with Crippen LogP contribution in [-0.4, -0.2) is 28.7 Å². The second-order valence-electron chi connectivity index (χ2n) is 6.27. The molecule has 1 saturated carbocycles. The van der Waals surface area contributed by atoms with Gasteiger partial charge >= 0.3 is 0 Å². The molecule has 2 aromatic rings. The number of hydrogen-bond acceptors (Lipinski definition) is 5. The first-order valence-corrected chi connectivity index (χ1v) is 8.02. The lowest BCUT2D eigenvalue weighted by Crippen LogP contribution is -2.23. The smallest absolute Gasteiger partial charge is 0.229 e. The van der Waals surface area contributed by atoms with E-state index in [1.165, 1.54) is 24.0 Å². The summed E-state index contributed by atoms with van der Waals surface area (Å²) in [6, 6.07) is 6.39. The molecule has 4 rings (SSSR count). The number of methoxy groups -OCH3 is 1. The summed E-state index contributed by atoms with van der Waals surface area (Å²) in [5.74, 6) is 3.12. The zero-order valence-electron chi connectivity index (χ0n) is 12.9. The van der Waals surface area contributed by atoms with Crippen molar-refractivity contribution >= 4 is 0 Å². The molecule has 116 valence electrons. The average molecular weight is 299 g/mol. The Balaban J connectivity index is 1.47. The summed E-state index contributed by atoms with van der Waals surface area (Å²) in [6.07, 6.45) is 4.64. The standard InChI is InChI=1S/C17H21N3O2/c1-21-15-7-6-14-10-20(8-2-3-13(14)9-15)11-16-18-17(22-19-16)12-4-5-12/h6-7,9,12H,2-5,8,10-11H2,1H3. The van der Waals surface area contributed by atoms with Crippen LogP contribution in [0, 0.1) is 0 Å². The van der Waals surface area contributed by atoms with Gasteiger partial charge in [0.05, 0.1) is 13.7 Å². The second kappa shape index (κ2) is 5.72. The van der Waals surface area contributed by atoms with E-state index in [2.05, 4.69) is 27.2 Å². The average Bonchev–Trinajstić information content (AvgIpc) is 3.31. The van der Waals surface area contributed by atoms with Crippen LogP contribution in [0.2, 0.25) is 0 Å². The minimum Gasteiger partial charge on any atom is -0.497 e. The highest BCUT2D eigenvalue weighted by Crippen LogP contribution is 2.38. The van der Waals surface area contributed by atoms with Gasteiger partial charge in [0.2, 0.25) is 5.89 Å². The number of aromatic nitrogens is 2. The second-order valence-corrected chi connectivity index (χ2v) is 6.27. The van der Waals surface area contributed by atoms with E-state index in [0.717, 1.165) is 49.9 Å². The summed E-state index contributed by atoms with van der Waals surface area (Å²) in [5.41, 5.74) is 2.78. The van der Waals surface area contributed by atoms with Gasteiger partial charge in [-0.15, -0.1) is 0 Å². The molecule has 2 heterocycles. The van der Waals surface area contributed by atoms with Crippen molar-refractivity contribution in [2.45, 2.75) is 44.7 Å². The molecule has 5 nitrogen and oxygen atoms in total. The largest absolute Gasteiger partial charge is 0.497 e. The van der Waals surface area contributed by atoms with Crippen LogP contribution in [0.1, 0.15) is 48.0 Å². The molecule has 0 saturated heterocycles. The molecule has 0 atom stereocenters. The van der Waals surface area contributed by atoms with E-state index in [9.17, 15) is 0 Å². The predicted molar refractivity (Wildman–Crippen MR) is 81.7 cm³/mol. The van der Waals surface area contributed by atoms with Crippen LogP contribution in [-0.2, 0) is 19.5 Å². The van der Waals surface area contributed by atoms with Crippen molar-refractivity contribution in [1.29, 1.82) is 0 Å². The van der Waals surface area contributed by atoms with Crippen molar-refractivity contribution in [2.24, 2.45) is 0 Å². The van der Waals surface area contributed by atoms with Gasteiger partial charge in [-0.1, -0.05) is 11.2 Å². The van der Waals surface area contributed by atoms with E-state index in [-0.39, 0.29) is 0 Å². The van der Waals surface area contributed by atoms with Crippen LogP contribution < -0.4 is 4.74 Å². The molecule has 1 aliphatic heterocycles. The lowest BCUT2D eigenvalue weighted by Gasteiger charge is -2.18. The van der Waals surface area contributed by atoms with Gasteiger partial charge in [-0.05, 0) is 55.5 Å². The minimum atomic E-state index is 0.526. The molecule has 5 heteroatoms. The molecule has 1 fully saturated rings. The molecule has 0 bridgehead atoms. The SMILES string of the molecule is COc1ccc2c(c1)CCCN(Cc1noc(C3CC3)n1)C2. The van der Waals surface area contributed by atoms with Crippen molar-refractivity contribution in [3.8, 4) is 5.75 Å². The lowest BCUT2D eigenvalue weighted by atomic mass is 10.0. The molecule has 1 aromatic heterocycles. The molecule has 0 radical (unpaired) electrons. The number of ether oxygens (including phenoxy) is 1. The molecule has 0 spiro atoms. The Hall–Kier alpha value is -1.88. The molecule has 0 amide bonds. The van der Waals surface area contributed by atoms with Crippen molar-refractivity contribution in [1.82, 2.24) is 15.0 Å². The van der Waals surface area contributed by atoms with Crippen molar-refractivity contribution in [3.05, 3.63) is 41.0 Å². The number of rotatable bonds is 4. The maximum Gasteiger partial charge on any atom is 0.229 e. The fraction of sp³-hybridized carbons (Fsp3) is 0.529. The Kier molecular flexibility index (Phi) is 3.58. The highest BCUT2D eigenvalue weighted by Gasteiger charge is 2.29. The Labute approximate surface area is 130 Å². The van der Waals surface area contributed by atoms with Crippen LogP contribution in [0.4, 0.5) is 0 Å². The number of nitrogens with zero attached hydrogens (tertiary/aromatic N) is 3. The Morgan fingerprint density at radius 1 is 1.32 bits per heavy atom. The van der Waals surface area contributed by atoms with Gasteiger partial charge < -0.3 is 9.26 Å². The zero-order chi connectivity index (χ0) is 14.9. The van der Waals surface area contributed by atoms with Crippen molar-refractivity contribution < 1.29 is 9.26 Å². The zero-order valence-corrected chi connectivity index (χ0v) is 12.9. The lowest BCUT2D eigenvalue weighted by molar-refractivity contribution is 0.249. The summed E-state index contributed by atoms with van der Waals surface area (Å²) in [6.45, 7) is 2.76. The first-order chi connectivity index (χ1) is 10.8. The molecule has 1 aromatic carbocycles. The molecular weight excluding hydrogens is 278 g/mol. The molecular formula is C17H21N3O2. The molecule has 1 aliphatic carbocycles. The Morgan fingerprint density at radius 3 is 3.05 bits per heavy atom. The number of aryl methyl sites for hydroxylation is 1. The Bertz CT molecular complexity index is 664. The quantitative estimate of drug-likeness (QED) is 0.869. The van der Waals surface area contributed by atoms with Gasteiger partial charge in [0.1, 0.15) is 5.75 Å². The van der Waals surface area contributed by atoms with Crippen LogP contribution in [0.25, 0.3) is 0 Å². The first-order valence-electron chi connectivity index (χ1n) is 8.02. The van der Waals surface area contributed by atoms with E-state index < -0.39 is 0 Å². The van der Waals surface area contributed by atoms with E-state index in [4.69, 9.17) is 9.26 Å². The summed E-state index contributed by atoms with van der Waals surface area (Å²) in [4.78, 5) is 6.94. The van der Waals surface area contributed by atoms with Gasteiger partial charge in [-0.25, -0.2) is 0 Å². The maximum atomic E-state index is 5.36. The summed E-state index contributed by atoms with van der Waals surface area (Å²) in [5, 5.41) is 4.14. The minimum absolute atomic E-state index is 0.526. The van der Waals surface area contributed by atoms with Gasteiger partial charge in [-0.3, -0.25) is 4.90 Å². The third-order valence-electron chi connectivity index (χ3n) is 4.50. The predicted octanol–water partition coefficient (Wildman–Crippen LogP) is 2.90. The van der Waals surface area contributed by atoms with E-state index in [1.807, 2.05) is 6.07 Å². The van der Waals surface area contributed by atoms with Gasteiger partial charge in [0.15, 0.2) is 5.82 Å². The van der Waals surface area contributed by atoms with Crippen LogP contribution in [0.3, 0.4) is 0 Å². The van der Waals surface area contributed by atoms with Crippen LogP contribution >= 0.6 is 0 Å². The third kappa shape index (κ3) is 2.86. The fourth-order valence-electron chi connectivity index (χ4n) is 3.09. The van der Waals surface area contributed by atoms with Crippen molar-refractivity contribution in [3.63, 3.8) is 0 Å². The number of hydrogen-bond donors (Lipinski definition) is 0. The van der Waals surface area contributed by atoms with Gasteiger partial charge in [-0.2, -0.15) is 4.98 Å². The molecule has 0 unspecified atom stereocenters. The normalized spacial score (nSPS) is 18.8. The summed E-state index contributed by atoms with van der Waals surface area (Å²) < 4.78 is 10.7. The molecule has 2 aliphatic rings. The number of fused-ring (bicyclic) bond motifs is 1. The topological polar surface area (TPSA) is 51.4 Å². The maximum absolute atomic E-state index is 5.36. The van der Waals surface area contributed by atoms with E-state index in [1.54, 1.807) is 7.11 Å². The monoisotopic (exact) mass is 299 g/mol. The van der Waals surface area contributed by atoms with Crippen LogP contribution in [0.15, 0.2) is 22.7 Å².